The SMILES string of the molecule is COc1ccc(CNc2ccc(Br)c(Cl)c2Cl)cc1Br. The van der Waals surface area contributed by atoms with Gasteiger partial charge in [0.25, 0.3) is 0 Å². The zero-order valence-corrected chi connectivity index (χ0v) is 15.2. The molecule has 0 aliphatic carbocycles. The van der Waals surface area contributed by atoms with Gasteiger partial charge in [0.2, 0.25) is 0 Å². The Kier molecular flexibility index (Phi) is 5.61. The van der Waals surface area contributed by atoms with E-state index in [2.05, 4.69) is 37.2 Å². The normalized spacial score (nSPS) is 10.4. The summed E-state index contributed by atoms with van der Waals surface area (Å²) < 4.78 is 6.90. The molecule has 0 heterocycles. The van der Waals surface area contributed by atoms with E-state index in [1.165, 1.54) is 0 Å². The topological polar surface area (TPSA) is 21.3 Å². The second-order valence-electron chi connectivity index (χ2n) is 4.05. The molecule has 0 fully saturated rings. The van der Waals surface area contributed by atoms with Crippen LogP contribution in [0.3, 0.4) is 0 Å². The van der Waals surface area contributed by atoms with Crippen molar-refractivity contribution in [2.24, 2.45) is 0 Å². The molecule has 2 aromatic carbocycles. The highest BCUT2D eigenvalue weighted by Crippen LogP contribution is 2.36. The average Bonchev–Trinajstić information content (AvgIpc) is 2.44. The number of nitrogens with one attached hydrogen (secondary N) is 1. The highest BCUT2D eigenvalue weighted by molar-refractivity contribution is 9.10. The predicted molar refractivity (Wildman–Crippen MR) is 92.2 cm³/mol. The molecule has 0 saturated heterocycles. The zero-order chi connectivity index (χ0) is 14.7. The van der Waals surface area contributed by atoms with Crippen LogP contribution in [0.1, 0.15) is 5.56 Å². The third-order valence-corrected chi connectivity index (χ3v) is 5.13. The smallest absolute Gasteiger partial charge is 0.133 e. The number of benzene rings is 2. The van der Waals surface area contributed by atoms with E-state index in [9.17, 15) is 0 Å². The standard InChI is InChI=1S/C14H11Br2Cl2NO/c1-20-12-5-2-8(6-10(12)16)7-19-11-4-3-9(15)13(17)14(11)18/h2-6,19H,7H2,1H3. The van der Waals surface area contributed by atoms with Crippen molar-refractivity contribution in [3.63, 3.8) is 0 Å². The third-order valence-electron chi connectivity index (χ3n) is 2.73. The molecular formula is C14H11Br2Cl2NO. The molecule has 0 unspecified atom stereocenters. The fourth-order valence-electron chi connectivity index (χ4n) is 1.68. The predicted octanol–water partition coefficient (Wildman–Crippen LogP) is 6.14. The lowest BCUT2D eigenvalue weighted by atomic mass is 10.2. The van der Waals surface area contributed by atoms with Crippen LogP contribution in [-0.2, 0) is 6.54 Å². The van der Waals surface area contributed by atoms with Crippen molar-refractivity contribution in [2.75, 3.05) is 12.4 Å². The molecule has 0 bridgehead atoms. The van der Waals surface area contributed by atoms with Gasteiger partial charge in [0.05, 0.1) is 27.3 Å². The lowest BCUT2D eigenvalue weighted by Crippen LogP contribution is -2.00. The first kappa shape index (κ1) is 16.0. The first-order valence-electron chi connectivity index (χ1n) is 5.72. The Morgan fingerprint density at radius 1 is 1.05 bits per heavy atom. The summed E-state index contributed by atoms with van der Waals surface area (Å²) >= 11 is 19.1. The van der Waals surface area contributed by atoms with Crippen molar-refractivity contribution in [1.82, 2.24) is 0 Å². The minimum absolute atomic E-state index is 0.507. The number of halogens is 4. The highest BCUT2D eigenvalue weighted by Gasteiger charge is 2.08. The summed E-state index contributed by atoms with van der Waals surface area (Å²) in [4.78, 5) is 0. The minimum atomic E-state index is 0.507. The molecule has 2 rings (SSSR count). The van der Waals surface area contributed by atoms with Crippen molar-refractivity contribution in [2.45, 2.75) is 6.54 Å². The van der Waals surface area contributed by atoms with Crippen LogP contribution in [0.15, 0.2) is 39.3 Å². The fraction of sp³-hybridized carbons (Fsp3) is 0.143. The maximum Gasteiger partial charge on any atom is 0.133 e. The quantitative estimate of drug-likeness (QED) is 0.578. The second-order valence-corrected chi connectivity index (χ2v) is 6.51. The molecule has 2 aromatic rings. The van der Waals surface area contributed by atoms with Gasteiger partial charge in [-0.05, 0) is 61.7 Å². The monoisotopic (exact) mass is 437 g/mol. The summed E-state index contributed by atoms with van der Waals surface area (Å²) in [6.07, 6.45) is 0. The molecule has 0 aromatic heterocycles. The molecule has 0 radical (unpaired) electrons. The van der Waals surface area contributed by atoms with Gasteiger partial charge in [-0.25, -0.2) is 0 Å². The summed E-state index contributed by atoms with van der Waals surface area (Å²) in [6, 6.07) is 9.65. The van der Waals surface area contributed by atoms with Crippen LogP contribution in [0, 0.1) is 0 Å². The summed E-state index contributed by atoms with van der Waals surface area (Å²) in [5, 5.41) is 4.28. The summed E-state index contributed by atoms with van der Waals surface area (Å²) in [5.74, 6) is 0.804. The van der Waals surface area contributed by atoms with Crippen molar-refractivity contribution in [1.29, 1.82) is 0 Å². The number of hydrogen-bond acceptors (Lipinski definition) is 2. The van der Waals surface area contributed by atoms with Crippen molar-refractivity contribution < 1.29 is 4.74 Å². The van der Waals surface area contributed by atoms with Gasteiger partial charge in [0.15, 0.2) is 0 Å². The van der Waals surface area contributed by atoms with Gasteiger partial charge >= 0.3 is 0 Å². The largest absolute Gasteiger partial charge is 0.496 e. The number of rotatable bonds is 4. The molecule has 0 atom stereocenters. The van der Waals surface area contributed by atoms with Crippen LogP contribution in [0.4, 0.5) is 5.69 Å². The lowest BCUT2D eigenvalue weighted by molar-refractivity contribution is 0.412. The first-order chi connectivity index (χ1) is 9.52. The maximum atomic E-state index is 6.19. The van der Waals surface area contributed by atoms with Crippen molar-refractivity contribution in [3.8, 4) is 5.75 Å². The number of hydrogen-bond donors (Lipinski definition) is 1. The Hall–Kier alpha value is -0.420. The molecule has 0 aliphatic heterocycles. The molecule has 0 amide bonds. The number of methoxy groups -OCH3 is 1. The fourth-order valence-corrected chi connectivity index (χ4v) is 3.11. The third kappa shape index (κ3) is 3.61. The van der Waals surface area contributed by atoms with E-state index >= 15 is 0 Å². The molecule has 20 heavy (non-hydrogen) atoms. The summed E-state index contributed by atoms with van der Waals surface area (Å²) in [7, 11) is 1.64. The molecular weight excluding hydrogens is 429 g/mol. The van der Waals surface area contributed by atoms with Gasteiger partial charge < -0.3 is 10.1 Å². The Bertz CT molecular complexity index is 635. The van der Waals surface area contributed by atoms with Gasteiger partial charge in [-0.1, -0.05) is 29.3 Å². The highest BCUT2D eigenvalue weighted by atomic mass is 79.9. The Labute approximate surface area is 144 Å². The van der Waals surface area contributed by atoms with E-state index in [1.54, 1.807) is 7.11 Å². The second kappa shape index (κ2) is 7.03. The van der Waals surface area contributed by atoms with Gasteiger partial charge in [-0.3, -0.25) is 0 Å². The van der Waals surface area contributed by atoms with Crippen LogP contribution in [-0.4, -0.2) is 7.11 Å². The summed E-state index contributed by atoms with van der Waals surface area (Å²) in [6.45, 7) is 0.639. The van der Waals surface area contributed by atoms with E-state index < -0.39 is 0 Å². The van der Waals surface area contributed by atoms with E-state index in [0.717, 1.165) is 25.9 Å². The molecule has 2 nitrogen and oxygen atoms in total. The summed E-state index contributed by atoms with van der Waals surface area (Å²) in [5.41, 5.74) is 1.90. The Morgan fingerprint density at radius 3 is 2.45 bits per heavy atom. The minimum Gasteiger partial charge on any atom is -0.496 e. The van der Waals surface area contributed by atoms with Gasteiger partial charge in [-0.15, -0.1) is 0 Å². The lowest BCUT2D eigenvalue weighted by Gasteiger charge is -2.11. The maximum absolute atomic E-state index is 6.19. The molecule has 106 valence electrons. The average molecular weight is 440 g/mol. The van der Waals surface area contributed by atoms with E-state index in [-0.39, 0.29) is 0 Å². The molecule has 1 N–H and O–H groups in total. The van der Waals surface area contributed by atoms with Gasteiger partial charge in [-0.2, -0.15) is 0 Å². The van der Waals surface area contributed by atoms with Crippen LogP contribution in [0.25, 0.3) is 0 Å². The number of anilines is 1. The Balaban J connectivity index is 2.13. The zero-order valence-electron chi connectivity index (χ0n) is 10.5. The van der Waals surface area contributed by atoms with Gasteiger partial charge in [0, 0.05) is 11.0 Å². The number of ether oxygens (including phenoxy) is 1. The first-order valence-corrected chi connectivity index (χ1v) is 8.07. The van der Waals surface area contributed by atoms with Gasteiger partial charge in [0.1, 0.15) is 5.75 Å². The van der Waals surface area contributed by atoms with Crippen LogP contribution in [0.5, 0.6) is 5.75 Å². The van der Waals surface area contributed by atoms with E-state index in [4.69, 9.17) is 27.9 Å². The Morgan fingerprint density at radius 2 is 1.80 bits per heavy atom. The molecule has 0 spiro atoms. The van der Waals surface area contributed by atoms with E-state index in [1.807, 2.05) is 30.3 Å². The van der Waals surface area contributed by atoms with Crippen LogP contribution in [0.2, 0.25) is 10.0 Å². The van der Waals surface area contributed by atoms with Crippen molar-refractivity contribution in [3.05, 3.63) is 54.9 Å². The van der Waals surface area contributed by atoms with Crippen LogP contribution >= 0.6 is 55.1 Å². The van der Waals surface area contributed by atoms with Crippen LogP contribution < -0.4 is 10.1 Å². The molecule has 6 heteroatoms. The molecule has 0 saturated carbocycles. The molecule has 0 aliphatic rings. The van der Waals surface area contributed by atoms with Crippen molar-refractivity contribution >= 4 is 60.7 Å². The van der Waals surface area contributed by atoms with E-state index in [0.29, 0.717) is 16.6 Å².